The van der Waals surface area contributed by atoms with Crippen molar-refractivity contribution in [2.45, 2.75) is 0 Å². The van der Waals surface area contributed by atoms with Crippen LogP contribution in [0, 0.1) is 0 Å². The minimum atomic E-state index is -3.22. The number of nitrogens with zero attached hydrogens (tertiary/aromatic N) is 5. The molecule has 0 radical (unpaired) electrons. The van der Waals surface area contributed by atoms with Crippen LogP contribution in [-0.2, 0) is 4.57 Å². The number of H-pyrrole nitrogens is 1. The summed E-state index contributed by atoms with van der Waals surface area (Å²) in [5.41, 5.74) is 13.4. The Kier molecular flexibility index (Phi) is 12.7. The molecule has 3 heterocycles. The smallest absolute Gasteiger partial charge is 0.339 e. The van der Waals surface area contributed by atoms with Crippen LogP contribution < -0.4 is 11.5 Å². The van der Waals surface area contributed by atoms with E-state index in [0.717, 1.165) is 11.4 Å². The third kappa shape index (κ3) is 11.6. The molecule has 0 saturated heterocycles. The number of carboxylic acid groups (broad SMARTS) is 1. The van der Waals surface area contributed by atoms with E-state index in [0.29, 0.717) is 21.9 Å². The van der Waals surface area contributed by atoms with Crippen LogP contribution in [0.2, 0.25) is 10.3 Å². The largest absolute Gasteiger partial charge is 0.478 e. The highest BCUT2D eigenvalue weighted by Crippen LogP contribution is 2.61. The Balaban J connectivity index is 0.000000200. The van der Waals surface area contributed by atoms with Crippen molar-refractivity contribution in [3.63, 3.8) is 0 Å². The van der Waals surface area contributed by atoms with Crippen LogP contribution >= 0.6 is 62.1 Å². The van der Waals surface area contributed by atoms with E-state index < -0.39 is 11.2 Å². The van der Waals surface area contributed by atoms with Crippen molar-refractivity contribution in [3.8, 4) is 11.4 Å². The van der Waals surface area contributed by atoms with Gasteiger partial charge in [-0.15, -0.1) is 0 Å². The molecule has 2 aromatic carbocycles. The lowest BCUT2D eigenvalue weighted by molar-refractivity contribution is 0.0697. The van der Waals surface area contributed by atoms with E-state index in [1.807, 2.05) is 30.3 Å². The van der Waals surface area contributed by atoms with Crippen molar-refractivity contribution >= 4 is 90.8 Å². The lowest BCUT2D eigenvalue weighted by Crippen LogP contribution is -1.99. The Labute approximate surface area is 246 Å². The molecule has 5 aromatic rings. The second-order valence-corrected chi connectivity index (χ2v) is 14.2. The van der Waals surface area contributed by atoms with Crippen LogP contribution in [0.1, 0.15) is 10.4 Å². The Morgan fingerprint density at radius 1 is 0.821 bits per heavy atom. The molecule has 3 aromatic heterocycles. The van der Waals surface area contributed by atoms with Gasteiger partial charge in [0.15, 0.2) is 21.8 Å². The van der Waals surface area contributed by atoms with Gasteiger partial charge < -0.3 is 21.6 Å². The summed E-state index contributed by atoms with van der Waals surface area (Å²) in [5.74, 6) is 0.0867. The van der Waals surface area contributed by atoms with Crippen LogP contribution in [0.25, 0.3) is 22.6 Å². The first-order valence-electron chi connectivity index (χ1n) is 10.3. The van der Waals surface area contributed by atoms with E-state index >= 15 is 0 Å². The highest BCUT2D eigenvalue weighted by Gasteiger charge is 2.08. The Bertz CT molecular complexity index is 1530. The van der Waals surface area contributed by atoms with Crippen molar-refractivity contribution in [3.05, 3.63) is 89.2 Å². The molecule has 0 fully saturated rings. The standard InChI is InChI=1S/C11H7ClN4.C7H6O2.C4H5ClN4.Cl3OP/c12-9-8-11(14-6-13-9)16-10(15-8)7-4-2-1-3-5-7;8-7(9)6-4-2-1-3-5-6;5-3-2(6)4(7)9-1-8-3;1-5(2,3)4/h1-6H,(H,13,14,15,16);1-5H,(H,8,9);1H,6H2,(H2,7,8,9);. The van der Waals surface area contributed by atoms with Crippen LogP contribution in [-0.4, -0.2) is 41.0 Å². The molecule has 0 unspecified atom stereocenters. The lowest BCUT2D eigenvalue weighted by Gasteiger charge is -1.96. The molecule has 11 nitrogen and oxygen atoms in total. The number of nitrogens with two attached hydrogens (primary N) is 2. The van der Waals surface area contributed by atoms with Crippen LogP contribution in [0.4, 0.5) is 11.5 Å². The predicted molar refractivity (Wildman–Crippen MR) is 157 cm³/mol. The van der Waals surface area contributed by atoms with Crippen molar-refractivity contribution < 1.29 is 14.5 Å². The Morgan fingerprint density at radius 3 is 1.79 bits per heavy atom. The number of imidazole rings is 1. The summed E-state index contributed by atoms with van der Waals surface area (Å²) in [6.07, 6.45) is 2.66. The molecular formula is C22H18Cl5N8O3P. The molecule has 0 saturated carbocycles. The third-order valence-corrected chi connectivity index (χ3v) is 4.76. The fourth-order valence-electron chi connectivity index (χ4n) is 2.50. The molecule has 39 heavy (non-hydrogen) atoms. The minimum absolute atomic E-state index is 0.197. The van der Waals surface area contributed by atoms with E-state index in [-0.39, 0.29) is 16.7 Å². The number of carbonyl (C=O) groups is 1. The summed E-state index contributed by atoms with van der Waals surface area (Å²) in [7, 11) is 0. The van der Waals surface area contributed by atoms with E-state index in [9.17, 15) is 9.36 Å². The molecule has 0 bridgehead atoms. The fraction of sp³-hybridized carbons (Fsp3) is 0. The maximum Gasteiger partial charge on any atom is 0.339 e. The van der Waals surface area contributed by atoms with Crippen molar-refractivity contribution in [1.82, 2.24) is 29.9 Å². The maximum atomic E-state index is 10.2. The number of halogens is 5. The Hall–Kier alpha value is -3.18. The Morgan fingerprint density at radius 2 is 1.33 bits per heavy atom. The first-order chi connectivity index (χ1) is 18.4. The topological polar surface area (TPSA) is 187 Å². The molecule has 5 rings (SSSR count). The number of nitrogens with one attached hydrogen (secondary N) is 1. The number of carboxylic acids is 1. The second-order valence-electron chi connectivity index (χ2n) is 6.85. The zero-order chi connectivity index (χ0) is 29.0. The van der Waals surface area contributed by atoms with Gasteiger partial charge in [0.2, 0.25) is 0 Å². The fourth-order valence-corrected chi connectivity index (χ4v) is 2.82. The molecule has 204 valence electrons. The summed E-state index contributed by atoms with van der Waals surface area (Å²) < 4.78 is 9.51. The minimum Gasteiger partial charge on any atom is -0.478 e. The van der Waals surface area contributed by atoms with Gasteiger partial charge in [0.1, 0.15) is 29.7 Å². The molecule has 0 aliphatic carbocycles. The summed E-state index contributed by atoms with van der Waals surface area (Å²) >= 11 is 25.2. The van der Waals surface area contributed by atoms with E-state index in [1.54, 1.807) is 30.3 Å². The first kappa shape index (κ1) is 32.0. The van der Waals surface area contributed by atoms with Gasteiger partial charge in [-0.05, 0) is 45.9 Å². The number of hydrogen-bond donors (Lipinski definition) is 4. The highest BCUT2D eigenvalue weighted by molar-refractivity contribution is 8.24. The molecule has 0 spiro atoms. The molecule has 0 aliphatic heterocycles. The summed E-state index contributed by atoms with van der Waals surface area (Å²) in [5, 5.41) is 5.75. The van der Waals surface area contributed by atoms with Gasteiger partial charge in [-0.25, -0.2) is 29.7 Å². The normalized spacial score (nSPS) is 10.2. The number of aromatic nitrogens is 6. The highest BCUT2D eigenvalue weighted by atomic mass is 36.0. The SMILES string of the molecule is Clc1ncnc2nc(-c3ccccc3)[nH]c12.Nc1ncnc(Cl)c1N.O=C(O)c1ccccc1.O=P(Cl)(Cl)Cl. The zero-order valence-corrected chi connectivity index (χ0v) is 24.1. The quantitative estimate of drug-likeness (QED) is 0.113. The summed E-state index contributed by atoms with van der Waals surface area (Å²) in [4.78, 5) is 32.8. The number of nitrogen functional groups attached to an aromatic ring is 2. The number of rotatable bonds is 2. The summed E-state index contributed by atoms with van der Waals surface area (Å²) in [6, 6.07) is 18.1. The molecular weight excluding hydrogens is 633 g/mol. The van der Waals surface area contributed by atoms with E-state index in [2.05, 4.69) is 63.6 Å². The lowest BCUT2D eigenvalue weighted by atomic mass is 10.2. The summed E-state index contributed by atoms with van der Waals surface area (Å²) in [6.45, 7) is 0. The van der Waals surface area contributed by atoms with Gasteiger partial charge in [-0.3, -0.25) is 4.57 Å². The zero-order valence-electron chi connectivity index (χ0n) is 19.4. The van der Waals surface area contributed by atoms with Gasteiger partial charge in [0.05, 0.1) is 5.56 Å². The number of fused-ring (bicyclic) bond motifs is 1. The van der Waals surface area contributed by atoms with Crippen molar-refractivity contribution in [2.24, 2.45) is 0 Å². The van der Waals surface area contributed by atoms with Gasteiger partial charge >= 0.3 is 11.2 Å². The monoisotopic (exact) mass is 648 g/mol. The number of aromatic carboxylic acids is 1. The van der Waals surface area contributed by atoms with E-state index in [4.69, 9.17) is 39.8 Å². The van der Waals surface area contributed by atoms with Gasteiger partial charge in [-0.2, -0.15) is 0 Å². The molecule has 6 N–H and O–H groups in total. The number of benzene rings is 2. The maximum absolute atomic E-state index is 10.2. The third-order valence-electron chi connectivity index (χ3n) is 4.18. The number of anilines is 2. The van der Waals surface area contributed by atoms with Gasteiger partial charge in [0.25, 0.3) is 0 Å². The van der Waals surface area contributed by atoms with Crippen LogP contribution in [0.5, 0.6) is 0 Å². The van der Waals surface area contributed by atoms with Crippen molar-refractivity contribution in [2.75, 3.05) is 11.5 Å². The second kappa shape index (κ2) is 15.4. The molecule has 0 aliphatic rings. The first-order valence-corrected chi connectivity index (χ1v) is 15.4. The van der Waals surface area contributed by atoms with Gasteiger partial charge in [0, 0.05) is 5.56 Å². The molecule has 0 amide bonds. The molecule has 17 heteroatoms. The average molecular weight is 651 g/mol. The molecule has 0 atom stereocenters. The van der Waals surface area contributed by atoms with Crippen LogP contribution in [0.15, 0.2) is 73.3 Å². The van der Waals surface area contributed by atoms with Crippen LogP contribution in [0.3, 0.4) is 0 Å². The number of aromatic amines is 1. The van der Waals surface area contributed by atoms with Gasteiger partial charge in [-0.1, -0.05) is 71.7 Å². The van der Waals surface area contributed by atoms with E-state index in [1.165, 1.54) is 12.7 Å². The number of hydrogen-bond acceptors (Lipinski definition) is 9. The van der Waals surface area contributed by atoms with Crippen molar-refractivity contribution in [1.29, 1.82) is 0 Å². The predicted octanol–water partition coefficient (Wildman–Crippen LogP) is 7.16. The average Bonchev–Trinajstić information content (AvgIpc) is 3.34.